The Morgan fingerprint density at radius 1 is 1.06 bits per heavy atom. The molecule has 1 aliphatic heterocycles. The van der Waals surface area contributed by atoms with Crippen molar-refractivity contribution in [1.82, 2.24) is 4.90 Å². The first kappa shape index (κ1) is 24.9. The standard InChI is InChI=1S/C25H18Cl2INO4S/c1-32-21-4-2-3-16(23(21)33-14-17-7-8-18(26)12-20(17)27)11-22-24(30)29(25(31)34-22)13-15-5-9-19(28)10-6-15/h2-12H,13-14H2,1H3/b22-11-. The largest absolute Gasteiger partial charge is 0.493 e. The van der Waals surface area contributed by atoms with Crippen LogP contribution in [-0.4, -0.2) is 23.2 Å². The number of hydrogen-bond acceptors (Lipinski definition) is 5. The fourth-order valence-electron chi connectivity index (χ4n) is 3.30. The number of methoxy groups -OCH3 is 1. The van der Waals surface area contributed by atoms with Crippen LogP contribution in [0.4, 0.5) is 4.79 Å². The molecule has 0 radical (unpaired) electrons. The van der Waals surface area contributed by atoms with Gasteiger partial charge in [0, 0.05) is 24.7 Å². The van der Waals surface area contributed by atoms with Crippen molar-refractivity contribution >= 4 is 74.8 Å². The number of hydrogen-bond donors (Lipinski definition) is 0. The molecule has 3 aromatic rings. The van der Waals surface area contributed by atoms with E-state index >= 15 is 0 Å². The monoisotopic (exact) mass is 625 g/mol. The fraction of sp³-hybridized carbons (Fsp3) is 0.120. The van der Waals surface area contributed by atoms with E-state index in [1.165, 1.54) is 12.0 Å². The summed E-state index contributed by atoms with van der Waals surface area (Å²) >= 11 is 15.4. The van der Waals surface area contributed by atoms with Crippen molar-refractivity contribution in [2.24, 2.45) is 0 Å². The van der Waals surface area contributed by atoms with Crippen molar-refractivity contribution in [2.75, 3.05) is 7.11 Å². The van der Waals surface area contributed by atoms with Crippen molar-refractivity contribution in [2.45, 2.75) is 13.2 Å². The fourth-order valence-corrected chi connectivity index (χ4v) is 4.95. The van der Waals surface area contributed by atoms with Crippen LogP contribution >= 0.6 is 57.6 Å². The van der Waals surface area contributed by atoms with Gasteiger partial charge in [0.15, 0.2) is 11.5 Å². The van der Waals surface area contributed by atoms with Crippen LogP contribution in [0.2, 0.25) is 10.0 Å². The molecule has 4 rings (SSSR count). The number of ether oxygens (including phenoxy) is 2. The van der Waals surface area contributed by atoms with Crippen LogP contribution in [0.25, 0.3) is 6.08 Å². The van der Waals surface area contributed by atoms with Gasteiger partial charge >= 0.3 is 0 Å². The summed E-state index contributed by atoms with van der Waals surface area (Å²) in [6, 6.07) is 18.2. The molecule has 0 unspecified atom stereocenters. The summed E-state index contributed by atoms with van der Waals surface area (Å²) in [7, 11) is 1.54. The molecule has 3 aromatic carbocycles. The lowest BCUT2D eigenvalue weighted by Gasteiger charge is -2.15. The minimum atomic E-state index is -0.344. The average molecular weight is 626 g/mol. The Bertz CT molecular complexity index is 1280. The molecule has 1 heterocycles. The summed E-state index contributed by atoms with van der Waals surface area (Å²) in [4.78, 5) is 27.2. The van der Waals surface area contributed by atoms with E-state index in [-0.39, 0.29) is 24.3 Å². The first-order valence-corrected chi connectivity index (χ1v) is 12.7. The van der Waals surface area contributed by atoms with Gasteiger partial charge in [-0.2, -0.15) is 0 Å². The van der Waals surface area contributed by atoms with E-state index in [4.69, 9.17) is 32.7 Å². The molecule has 1 saturated heterocycles. The van der Waals surface area contributed by atoms with Crippen LogP contribution in [0.5, 0.6) is 11.5 Å². The molecule has 34 heavy (non-hydrogen) atoms. The number of benzene rings is 3. The van der Waals surface area contributed by atoms with E-state index in [1.807, 2.05) is 24.3 Å². The molecule has 2 amide bonds. The van der Waals surface area contributed by atoms with Gasteiger partial charge in [-0.15, -0.1) is 0 Å². The molecule has 0 spiro atoms. The Morgan fingerprint density at radius 3 is 2.53 bits per heavy atom. The van der Waals surface area contributed by atoms with Crippen molar-refractivity contribution in [3.63, 3.8) is 0 Å². The number of thioether (sulfide) groups is 1. The second-order valence-electron chi connectivity index (χ2n) is 7.30. The van der Waals surface area contributed by atoms with Crippen LogP contribution in [0.1, 0.15) is 16.7 Å². The minimum Gasteiger partial charge on any atom is -0.493 e. The Balaban J connectivity index is 1.59. The molecule has 0 N–H and O–H groups in total. The van der Waals surface area contributed by atoms with Crippen molar-refractivity contribution in [3.8, 4) is 11.5 Å². The van der Waals surface area contributed by atoms with E-state index in [1.54, 1.807) is 42.5 Å². The van der Waals surface area contributed by atoms with Crippen LogP contribution in [0.3, 0.4) is 0 Å². The highest BCUT2D eigenvalue weighted by molar-refractivity contribution is 14.1. The summed E-state index contributed by atoms with van der Waals surface area (Å²) in [5.74, 6) is 0.598. The van der Waals surface area contributed by atoms with Gasteiger partial charge in [-0.05, 0) is 76.3 Å². The summed E-state index contributed by atoms with van der Waals surface area (Å²) in [5.41, 5.74) is 2.25. The zero-order chi connectivity index (χ0) is 24.2. The minimum absolute atomic E-state index is 0.172. The van der Waals surface area contributed by atoms with Gasteiger partial charge in [-0.25, -0.2) is 0 Å². The zero-order valence-electron chi connectivity index (χ0n) is 17.9. The molecule has 0 aliphatic carbocycles. The van der Waals surface area contributed by atoms with E-state index in [0.29, 0.717) is 32.0 Å². The van der Waals surface area contributed by atoms with Gasteiger partial charge in [-0.1, -0.05) is 53.5 Å². The molecule has 0 bridgehead atoms. The quantitative estimate of drug-likeness (QED) is 0.202. The second-order valence-corrected chi connectivity index (χ2v) is 10.4. The van der Waals surface area contributed by atoms with Gasteiger partial charge < -0.3 is 9.47 Å². The predicted molar refractivity (Wildman–Crippen MR) is 144 cm³/mol. The van der Waals surface area contributed by atoms with Crippen LogP contribution < -0.4 is 9.47 Å². The van der Waals surface area contributed by atoms with Gasteiger partial charge in [-0.3, -0.25) is 14.5 Å². The van der Waals surface area contributed by atoms with Crippen molar-refractivity contribution in [3.05, 3.63) is 95.9 Å². The number of para-hydroxylation sites is 1. The summed E-state index contributed by atoms with van der Waals surface area (Å²) in [6.45, 7) is 0.390. The van der Waals surface area contributed by atoms with Gasteiger partial charge in [0.05, 0.1) is 18.6 Å². The maximum atomic E-state index is 13.0. The van der Waals surface area contributed by atoms with Crippen molar-refractivity contribution < 1.29 is 19.1 Å². The normalized spacial score (nSPS) is 14.7. The Hall–Kier alpha value is -2.20. The number of carbonyl (C=O) groups excluding carboxylic acids is 2. The highest BCUT2D eigenvalue weighted by Crippen LogP contribution is 2.38. The average Bonchev–Trinajstić information content (AvgIpc) is 3.07. The molecule has 174 valence electrons. The number of amides is 2. The van der Waals surface area contributed by atoms with Crippen molar-refractivity contribution in [1.29, 1.82) is 0 Å². The predicted octanol–water partition coefficient (Wildman–Crippen LogP) is 7.42. The second kappa shape index (κ2) is 11.0. The Morgan fingerprint density at radius 2 is 1.82 bits per heavy atom. The maximum Gasteiger partial charge on any atom is 0.293 e. The molecular formula is C25H18Cl2INO4S. The highest BCUT2D eigenvalue weighted by Gasteiger charge is 2.35. The molecule has 0 saturated carbocycles. The SMILES string of the molecule is COc1cccc(/C=C2\SC(=O)N(Cc3ccc(I)cc3)C2=O)c1OCc1ccc(Cl)cc1Cl. The van der Waals surface area contributed by atoms with E-state index in [2.05, 4.69) is 22.6 Å². The van der Waals surface area contributed by atoms with Gasteiger partial charge in [0.2, 0.25) is 0 Å². The Kier molecular flexibility index (Phi) is 8.08. The van der Waals surface area contributed by atoms with Crippen LogP contribution in [-0.2, 0) is 17.9 Å². The van der Waals surface area contributed by atoms with E-state index in [0.717, 1.165) is 26.5 Å². The third-order valence-electron chi connectivity index (χ3n) is 5.03. The smallest absolute Gasteiger partial charge is 0.293 e. The molecule has 1 fully saturated rings. The summed E-state index contributed by atoms with van der Waals surface area (Å²) in [5, 5.41) is 0.710. The highest BCUT2D eigenvalue weighted by atomic mass is 127. The first-order chi connectivity index (χ1) is 16.4. The lowest BCUT2D eigenvalue weighted by molar-refractivity contribution is -0.123. The number of nitrogens with zero attached hydrogens (tertiary/aromatic N) is 1. The molecule has 0 aromatic heterocycles. The molecule has 5 nitrogen and oxygen atoms in total. The van der Waals surface area contributed by atoms with Gasteiger partial charge in [0.25, 0.3) is 11.1 Å². The van der Waals surface area contributed by atoms with E-state index < -0.39 is 0 Å². The Labute approximate surface area is 225 Å². The molecule has 9 heteroatoms. The zero-order valence-corrected chi connectivity index (χ0v) is 22.4. The van der Waals surface area contributed by atoms with E-state index in [9.17, 15) is 9.59 Å². The van der Waals surface area contributed by atoms with Crippen LogP contribution in [0, 0.1) is 3.57 Å². The maximum absolute atomic E-state index is 13.0. The third-order valence-corrected chi connectivity index (χ3v) is 7.24. The topological polar surface area (TPSA) is 55.8 Å². The molecular weight excluding hydrogens is 608 g/mol. The van der Waals surface area contributed by atoms with Gasteiger partial charge in [0.1, 0.15) is 6.61 Å². The lowest BCUT2D eigenvalue weighted by Crippen LogP contribution is -2.27. The summed E-state index contributed by atoms with van der Waals surface area (Å²) in [6.07, 6.45) is 1.65. The summed E-state index contributed by atoms with van der Waals surface area (Å²) < 4.78 is 12.6. The molecule has 1 aliphatic rings. The third kappa shape index (κ3) is 5.71. The first-order valence-electron chi connectivity index (χ1n) is 10.1. The number of imide groups is 1. The lowest BCUT2D eigenvalue weighted by atomic mass is 10.1. The van der Waals surface area contributed by atoms with Crippen LogP contribution in [0.15, 0.2) is 65.6 Å². The number of rotatable bonds is 7. The number of halogens is 3. The molecule has 0 atom stereocenters. The number of carbonyl (C=O) groups is 2.